The van der Waals surface area contributed by atoms with Crippen LogP contribution in [0.3, 0.4) is 0 Å². The van der Waals surface area contributed by atoms with Crippen molar-refractivity contribution in [3.8, 4) is 5.75 Å². The van der Waals surface area contributed by atoms with Crippen LogP contribution in [0.5, 0.6) is 5.75 Å². The van der Waals surface area contributed by atoms with Crippen molar-refractivity contribution in [3.63, 3.8) is 0 Å². The van der Waals surface area contributed by atoms with Gasteiger partial charge in [0.25, 0.3) is 0 Å². The van der Waals surface area contributed by atoms with E-state index in [0.29, 0.717) is 19.4 Å². The topological polar surface area (TPSA) is 69.4 Å². The minimum absolute atomic E-state index is 0.189. The van der Waals surface area contributed by atoms with E-state index in [0.717, 1.165) is 65.3 Å². The number of ether oxygens (including phenoxy) is 1. The van der Waals surface area contributed by atoms with Gasteiger partial charge in [0.15, 0.2) is 17.3 Å². The summed E-state index contributed by atoms with van der Waals surface area (Å²) in [5, 5.41) is 13.4. The van der Waals surface area contributed by atoms with Gasteiger partial charge in [-0.25, -0.2) is 0 Å². The highest BCUT2D eigenvalue weighted by Crippen LogP contribution is 2.21. The van der Waals surface area contributed by atoms with Crippen molar-refractivity contribution in [1.29, 1.82) is 0 Å². The molecule has 0 aliphatic heterocycles. The maximum atomic E-state index is 11.7. The highest BCUT2D eigenvalue weighted by molar-refractivity contribution is 5.90. The molecule has 1 aliphatic rings. The highest BCUT2D eigenvalue weighted by atomic mass is 16.5. The molecule has 2 heterocycles. The van der Waals surface area contributed by atoms with Crippen LogP contribution in [0.1, 0.15) is 63.0 Å². The van der Waals surface area contributed by atoms with E-state index in [-0.39, 0.29) is 5.78 Å². The molecule has 0 spiro atoms. The summed E-state index contributed by atoms with van der Waals surface area (Å²) in [6.07, 6.45) is 13.3. The highest BCUT2D eigenvalue weighted by Gasteiger charge is 2.11. The third-order valence-corrected chi connectivity index (χ3v) is 5.44. The Morgan fingerprint density at radius 1 is 1.06 bits per heavy atom. The number of rotatable bonds is 10. The van der Waals surface area contributed by atoms with Crippen molar-refractivity contribution in [2.24, 2.45) is 0 Å². The number of fused-ring (bicyclic) bond motifs is 1. The molecule has 4 rings (SSSR count). The first kappa shape index (κ1) is 22.6. The molecule has 0 amide bonds. The lowest BCUT2D eigenvalue weighted by atomic mass is 10.0. The molecule has 0 fully saturated rings. The fourth-order valence-corrected chi connectivity index (χ4v) is 3.77. The second kappa shape index (κ2) is 10.9. The molecule has 0 N–H and O–H groups in total. The number of nitrogens with zero attached hydrogens (tertiary/aromatic N) is 4. The van der Waals surface area contributed by atoms with Crippen LogP contribution in [0.2, 0.25) is 0 Å². The Morgan fingerprint density at radius 2 is 1.91 bits per heavy atom. The Balaban J connectivity index is 1.32. The van der Waals surface area contributed by atoms with Crippen LogP contribution >= 0.6 is 0 Å². The second-order valence-corrected chi connectivity index (χ2v) is 8.56. The Bertz CT molecular complexity index is 1200. The molecule has 0 saturated heterocycles. The van der Waals surface area contributed by atoms with Crippen LogP contribution in [-0.2, 0) is 11.2 Å². The summed E-state index contributed by atoms with van der Waals surface area (Å²) in [4.78, 5) is 11.7. The average molecular weight is 443 g/mol. The zero-order valence-electron chi connectivity index (χ0n) is 19.3. The van der Waals surface area contributed by atoms with Gasteiger partial charge in [0.1, 0.15) is 5.75 Å². The van der Waals surface area contributed by atoms with Crippen molar-refractivity contribution in [2.45, 2.75) is 52.4 Å². The molecule has 1 aliphatic carbocycles. The van der Waals surface area contributed by atoms with E-state index in [1.165, 1.54) is 0 Å². The van der Waals surface area contributed by atoms with Gasteiger partial charge in [-0.1, -0.05) is 35.9 Å². The molecule has 0 unspecified atom stereocenters. The smallest absolute Gasteiger partial charge is 0.177 e. The van der Waals surface area contributed by atoms with E-state index >= 15 is 0 Å². The van der Waals surface area contributed by atoms with Gasteiger partial charge in [0.2, 0.25) is 0 Å². The predicted molar refractivity (Wildman–Crippen MR) is 130 cm³/mol. The first-order chi connectivity index (χ1) is 16.1. The summed E-state index contributed by atoms with van der Waals surface area (Å²) in [6, 6.07) is 12.0. The van der Waals surface area contributed by atoms with E-state index in [4.69, 9.17) is 9.84 Å². The lowest BCUT2D eigenvalue weighted by Gasteiger charge is -2.08. The van der Waals surface area contributed by atoms with Crippen molar-refractivity contribution in [1.82, 2.24) is 19.8 Å². The lowest BCUT2D eigenvalue weighted by molar-refractivity contribution is -0.114. The molecule has 0 atom stereocenters. The fourth-order valence-electron chi connectivity index (χ4n) is 3.77. The fraction of sp³-hybridized carbons (Fsp3) is 0.333. The molecular formula is C27H30N4O2. The number of allylic oxidation sites excluding steroid dienone is 6. The SMILES string of the molecule is CC(C)=CC(=O)CCCCOc1ccc(Cc2nnc3ccc(C4=CCCC=C4)nn23)cc1. The summed E-state index contributed by atoms with van der Waals surface area (Å²) in [5.74, 6) is 1.83. The van der Waals surface area contributed by atoms with Gasteiger partial charge in [-0.05, 0) is 81.0 Å². The molecule has 6 nitrogen and oxygen atoms in total. The van der Waals surface area contributed by atoms with Gasteiger partial charge in [-0.3, -0.25) is 4.79 Å². The van der Waals surface area contributed by atoms with Crippen molar-refractivity contribution in [3.05, 3.63) is 83.4 Å². The predicted octanol–water partition coefficient (Wildman–Crippen LogP) is 5.53. The Hall–Kier alpha value is -3.54. The molecule has 0 radical (unpaired) electrons. The first-order valence-electron chi connectivity index (χ1n) is 11.6. The standard InChI is InChI=1S/C27H30N4O2/c1-20(2)18-23(32)10-6-7-17-33-24-13-11-21(12-14-24)19-27-29-28-26-16-15-25(30-31(26)27)22-8-4-3-5-9-22/h4,8-9,11-16,18H,3,5-7,10,17,19H2,1-2H3. The molecule has 2 aromatic heterocycles. The van der Waals surface area contributed by atoms with Gasteiger partial charge in [-0.2, -0.15) is 9.61 Å². The molecule has 3 aromatic rings. The zero-order chi connectivity index (χ0) is 23.0. The van der Waals surface area contributed by atoms with E-state index in [9.17, 15) is 4.79 Å². The van der Waals surface area contributed by atoms with E-state index in [1.54, 1.807) is 6.08 Å². The summed E-state index contributed by atoms with van der Waals surface area (Å²) >= 11 is 0. The summed E-state index contributed by atoms with van der Waals surface area (Å²) in [7, 11) is 0. The number of carbonyl (C=O) groups excluding carboxylic acids is 1. The lowest BCUT2D eigenvalue weighted by Crippen LogP contribution is -2.03. The summed E-state index contributed by atoms with van der Waals surface area (Å²) in [5.41, 5.74) is 4.99. The number of carbonyl (C=O) groups is 1. The van der Waals surface area contributed by atoms with Crippen molar-refractivity contribution >= 4 is 17.0 Å². The van der Waals surface area contributed by atoms with Gasteiger partial charge in [0.05, 0.1) is 12.3 Å². The number of ketones is 1. The van der Waals surface area contributed by atoms with Crippen LogP contribution < -0.4 is 4.74 Å². The average Bonchev–Trinajstić information content (AvgIpc) is 3.22. The third-order valence-electron chi connectivity index (χ3n) is 5.44. The minimum Gasteiger partial charge on any atom is -0.494 e. The quantitative estimate of drug-likeness (QED) is 0.305. The van der Waals surface area contributed by atoms with Crippen molar-refractivity contribution < 1.29 is 9.53 Å². The third kappa shape index (κ3) is 6.25. The number of unbranched alkanes of at least 4 members (excludes halogenated alkanes) is 1. The van der Waals surface area contributed by atoms with Crippen LogP contribution in [0.4, 0.5) is 0 Å². The largest absolute Gasteiger partial charge is 0.494 e. The normalized spacial score (nSPS) is 13.1. The zero-order valence-corrected chi connectivity index (χ0v) is 19.3. The second-order valence-electron chi connectivity index (χ2n) is 8.56. The maximum absolute atomic E-state index is 11.7. The molecule has 6 heteroatoms. The van der Waals surface area contributed by atoms with Crippen molar-refractivity contribution in [2.75, 3.05) is 6.61 Å². The minimum atomic E-state index is 0.189. The van der Waals surface area contributed by atoms with Crippen LogP contribution in [0.25, 0.3) is 11.2 Å². The number of benzene rings is 1. The molecule has 170 valence electrons. The maximum Gasteiger partial charge on any atom is 0.177 e. The monoisotopic (exact) mass is 442 g/mol. The van der Waals surface area contributed by atoms with Gasteiger partial charge in [-0.15, -0.1) is 10.2 Å². The van der Waals surface area contributed by atoms with Crippen LogP contribution in [-0.4, -0.2) is 32.2 Å². The number of hydrogen-bond donors (Lipinski definition) is 0. The Kier molecular flexibility index (Phi) is 7.45. The van der Waals surface area contributed by atoms with E-state index in [1.807, 2.05) is 54.8 Å². The molecule has 33 heavy (non-hydrogen) atoms. The van der Waals surface area contributed by atoms with E-state index < -0.39 is 0 Å². The summed E-state index contributed by atoms with van der Waals surface area (Å²) in [6.45, 7) is 4.49. The van der Waals surface area contributed by atoms with Gasteiger partial charge < -0.3 is 4.74 Å². The molecular weight excluding hydrogens is 412 g/mol. The Labute approximate surface area is 194 Å². The Morgan fingerprint density at radius 3 is 2.67 bits per heavy atom. The van der Waals surface area contributed by atoms with Crippen LogP contribution in [0, 0.1) is 0 Å². The van der Waals surface area contributed by atoms with Gasteiger partial charge in [0, 0.05) is 12.8 Å². The number of aromatic nitrogens is 4. The molecule has 1 aromatic carbocycles. The number of hydrogen-bond acceptors (Lipinski definition) is 5. The van der Waals surface area contributed by atoms with E-state index in [2.05, 4.69) is 28.4 Å². The molecule has 0 bridgehead atoms. The van der Waals surface area contributed by atoms with Gasteiger partial charge >= 0.3 is 0 Å². The first-order valence-corrected chi connectivity index (χ1v) is 11.6. The van der Waals surface area contributed by atoms with Crippen LogP contribution in [0.15, 0.2) is 66.3 Å². The molecule has 0 saturated carbocycles. The summed E-state index contributed by atoms with van der Waals surface area (Å²) < 4.78 is 7.66.